The molecule has 1 aliphatic rings. The molecule has 35 heavy (non-hydrogen) atoms. The zero-order chi connectivity index (χ0) is 25.2. The average molecular weight is 472 g/mol. The highest BCUT2D eigenvalue weighted by Gasteiger charge is 2.34. The third kappa shape index (κ3) is 5.40. The Bertz CT molecular complexity index is 1180. The maximum Gasteiger partial charge on any atom is 0.410 e. The summed E-state index contributed by atoms with van der Waals surface area (Å²) in [6.07, 6.45) is -0.196. The second-order valence-electron chi connectivity index (χ2n) is 10.1. The van der Waals surface area contributed by atoms with Gasteiger partial charge in [-0.15, -0.1) is 0 Å². The minimum atomic E-state index is -0.800. The first kappa shape index (κ1) is 24.5. The number of rotatable bonds is 6. The van der Waals surface area contributed by atoms with Gasteiger partial charge < -0.3 is 9.47 Å². The second kappa shape index (κ2) is 9.95. The van der Waals surface area contributed by atoms with Crippen LogP contribution in [-0.4, -0.2) is 42.3 Å². The van der Waals surface area contributed by atoms with Crippen LogP contribution in [0.5, 0.6) is 0 Å². The summed E-state index contributed by atoms with van der Waals surface area (Å²) in [5.74, 6) is -0.493. The summed E-state index contributed by atoms with van der Waals surface area (Å²) in [4.78, 5) is 27.7. The fourth-order valence-corrected chi connectivity index (χ4v) is 4.62. The number of hydrogen-bond donors (Lipinski definition) is 0. The maximum atomic E-state index is 13.2. The minimum absolute atomic E-state index is 0.0453. The van der Waals surface area contributed by atoms with E-state index in [-0.39, 0.29) is 12.5 Å². The number of amides is 1. The van der Waals surface area contributed by atoms with Crippen molar-refractivity contribution >= 4 is 12.1 Å². The Labute approximate surface area is 207 Å². The van der Waals surface area contributed by atoms with E-state index in [4.69, 9.17) is 9.47 Å². The lowest BCUT2D eigenvalue weighted by Crippen LogP contribution is -2.47. The van der Waals surface area contributed by atoms with Crippen LogP contribution < -0.4 is 0 Å². The highest BCUT2D eigenvalue weighted by Crippen LogP contribution is 2.44. The quantitative estimate of drug-likeness (QED) is 0.406. The molecule has 0 saturated heterocycles. The molecular weight excluding hydrogens is 438 g/mol. The Balaban J connectivity index is 1.53. The zero-order valence-electron chi connectivity index (χ0n) is 21.1. The molecule has 1 amide bonds. The number of ether oxygens (including phenoxy) is 2. The fraction of sp³-hybridized carbons (Fsp3) is 0.333. The summed E-state index contributed by atoms with van der Waals surface area (Å²) < 4.78 is 11.5. The van der Waals surface area contributed by atoms with Crippen molar-refractivity contribution in [2.45, 2.75) is 51.7 Å². The van der Waals surface area contributed by atoms with E-state index in [1.807, 2.05) is 76.2 Å². The van der Waals surface area contributed by atoms with Crippen molar-refractivity contribution < 1.29 is 19.1 Å². The Hall–Kier alpha value is -3.60. The normalized spacial score (nSPS) is 13.5. The summed E-state index contributed by atoms with van der Waals surface area (Å²) in [7, 11) is 1.60. The molecule has 5 nitrogen and oxygen atoms in total. The molecule has 0 spiro atoms. The van der Waals surface area contributed by atoms with Crippen molar-refractivity contribution in [3.05, 3.63) is 95.1 Å². The Morgan fingerprint density at radius 2 is 1.43 bits per heavy atom. The standard InChI is InChI=1S/C30H33NO4/c1-20-12-6-7-13-21(20)18-27(28(32)35-30(2,3)4)31(5)29(33)34-19-26-24-16-10-8-14-22(24)23-15-9-11-17-25(23)26/h6-17,26-27H,18-19H2,1-5H3. The molecule has 0 fully saturated rings. The first-order valence-electron chi connectivity index (χ1n) is 12.0. The molecule has 0 bridgehead atoms. The molecular formula is C30H33NO4. The van der Waals surface area contributed by atoms with E-state index in [0.717, 1.165) is 22.3 Å². The van der Waals surface area contributed by atoms with Crippen molar-refractivity contribution in [1.29, 1.82) is 0 Å². The van der Waals surface area contributed by atoms with Gasteiger partial charge in [0.2, 0.25) is 0 Å². The van der Waals surface area contributed by atoms with E-state index in [1.165, 1.54) is 16.0 Å². The number of aryl methyl sites for hydroxylation is 1. The summed E-state index contributed by atoms with van der Waals surface area (Å²) >= 11 is 0. The molecule has 0 aromatic heterocycles. The van der Waals surface area contributed by atoms with Gasteiger partial charge in [0.1, 0.15) is 18.2 Å². The molecule has 1 atom stereocenters. The third-order valence-electron chi connectivity index (χ3n) is 6.44. The van der Waals surface area contributed by atoms with Gasteiger partial charge in [-0.1, -0.05) is 72.8 Å². The predicted octanol–water partition coefficient (Wildman–Crippen LogP) is 6.13. The topological polar surface area (TPSA) is 55.8 Å². The monoisotopic (exact) mass is 471 g/mol. The Kier molecular flexibility index (Phi) is 6.97. The van der Waals surface area contributed by atoms with Gasteiger partial charge >= 0.3 is 12.1 Å². The molecule has 0 N–H and O–H groups in total. The molecule has 182 valence electrons. The van der Waals surface area contributed by atoms with E-state index in [0.29, 0.717) is 6.42 Å². The highest BCUT2D eigenvalue weighted by molar-refractivity contribution is 5.82. The number of benzene rings is 3. The summed E-state index contributed by atoms with van der Waals surface area (Å²) in [5, 5.41) is 0. The number of carbonyl (C=O) groups excluding carboxylic acids is 2. The van der Waals surface area contributed by atoms with Gasteiger partial charge in [-0.25, -0.2) is 9.59 Å². The number of esters is 1. The van der Waals surface area contributed by atoms with Crippen LogP contribution in [0.25, 0.3) is 11.1 Å². The predicted molar refractivity (Wildman–Crippen MR) is 137 cm³/mol. The minimum Gasteiger partial charge on any atom is -0.458 e. The van der Waals surface area contributed by atoms with E-state index in [9.17, 15) is 9.59 Å². The Morgan fingerprint density at radius 1 is 0.886 bits per heavy atom. The molecule has 0 aliphatic heterocycles. The lowest BCUT2D eigenvalue weighted by Gasteiger charge is -2.30. The lowest BCUT2D eigenvalue weighted by molar-refractivity contribution is -0.160. The molecule has 3 aromatic rings. The van der Waals surface area contributed by atoms with Crippen LogP contribution in [0.3, 0.4) is 0 Å². The van der Waals surface area contributed by atoms with Crippen molar-refractivity contribution in [2.24, 2.45) is 0 Å². The van der Waals surface area contributed by atoms with Gasteiger partial charge in [-0.3, -0.25) is 4.90 Å². The molecule has 1 unspecified atom stereocenters. The van der Waals surface area contributed by atoms with E-state index >= 15 is 0 Å². The molecule has 4 rings (SSSR count). The van der Waals surface area contributed by atoms with Gasteiger partial charge in [0, 0.05) is 19.4 Å². The van der Waals surface area contributed by atoms with Gasteiger partial charge in [0.15, 0.2) is 0 Å². The molecule has 3 aromatic carbocycles. The summed E-state index contributed by atoms with van der Waals surface area (Å²) in [6.45, 7) is 7.66. The van der Waals surface area contributed by atoms with E-state index in [2.05, 4.69) is 24.3 Å². The van der Waals surface area contributed by atoms with Gasteiger partial charge in [0.25, 0.3) is 0 Å². The SMILES string of the molecule is Cc1ccccc1CC(C(=O)OC(C)(C)C)N(C)C(=O)OCC1c2ccccc2-c2ccccc21. The van der Waals surface area contributed by atoms with Crippen molar-refractivity contribution in [3.8, 4) is 11.1 Å². The van der Waals surface area contributed by atoms with Crippen LogP contribution >= 0.6 is 0 Å². The van der Waals surface area contributed by atoms with E-state index < -0.39 is 23.7 Å². The molecule has 0 radical (unpaired) electrons. The van der Waals surface area contributed by atoms with Crippen LogP contribution in [0.1, 0.15) is 48.9 Å². The van der Waals surface area contributed by atoms with Crippen LogP contribution in [-0.2, 0) is 20.7 Å². The van der Waals surface area contributed by atoms with Crippen LogP contribution in [0.2, 0.25) is 0 Å². The van der Waals surface area contributed by atoms with Gasteiger partial charge in [-0.2, -0.15) is 0 Å². The molecule has 0 saturated carbocycles. The third-order valence-corrected chi connectivity index (χ3v) is 6.44. The fourth-order valence-electron chi connectivity index (χ4n) is 4.62. The van der Waals surface area contributed by atoms with Crippen LogP contribution in [0.4, 0.5) is 4.79 Å². The van der Waals surface area contributed by atoms with Gasteiger partial charge in [-0.05, 0) is 61.1 Å². The molecule has 0 heterocycles. The maximum absolute atomic E-state index is 13.2. The molecule has 5 heteroatoms. The summed E-state index contributed by atoms with van der Waals surface area (Å²) in [6, 6.07) is 23.5. The number of carbonyl (C=O) groups is 2. The zero-order valence-corrected chi connectivity index (χ0v) is 21.1. The second-order valence-corrected chi connectivity index (χ2v) is 10.1. The van der Waals surface area contributed by atoms with Crippen molar-refractivity contribution in [3.63, 3.8) is 0 Å². The van der Waals surface area contributed by atoms with Crippen LogP contribution in [0.15, 0.2) is 72.8 Å². The lowest BCUT2D eigenvalue weighted by atomic mass is 9.98. The average Bonchev–Trinajstić information content (AvgIpc) is 3.14. The first-order chi connectivity index (χ1) is 16.7. The van der Waals surface area contributed by atoms with Crippen molar-refractivity contribution in [1.82, 2.24) is 4.90 Å². The number of nitrogens with zero attached hydrogens (tertiary/aromatic N) is 1. The van der Waals surface area contributed by atoms with Crippen LogP contribution in [0, 0.1) is 6.92 Å². The first-order valence-corrected chi connectivity index (χ1v) is 12.0. The number of likely N-dealkylation sites (N-methyl/N-ethyl adjacent to an activating group) is 1. The summed E-state index contributed by atoms with van der Waals surface area (Å²) in [5.41, 5.74) is 6.01. The Morgan fingerprint density at radius 3 is 2.00 bits per heavy atom. The van der Waals surface area contributed by atoms with Gasteiger partial charge in [0.05, 0.1) is 0 Å². The number of hydrogen-bond acceptors (Lipinski definition) is 4. The largest absolute Gasteiger partial charge is 0.458 e. The van der Waals surface area contributed by atoms with Crippen molar-refractivity contribution in [2.75, 3.05) is 13.7 Å². The van der Waals surface area contributed by atoms with E-state index in [1.54, 1.807) is 7.05 Å². The molecule has 1 aliphatic carbocycles. The highest BCUT2D eigenvalue weighted by atomic mass is 16.6. The smallest absolute Gasteiger partial charge is 0.410 e. The number of fused-ring (bicyclic) bond motifs is 3.